The molecule has 0 radical (unpaired) electrons. The highest BCUT2D eigenvalue weighted by atomic mass is 32.1. The van der Waals surface area contributed by atoms with Crippen LogP contribution in [0.4, 0.5) is 5.88 Å². The molecule has 0 aliphatic carbocycles. The van der Waals surface area contributed by atoms with Gasteiger partial charge in [-0.25, -0.2) is 0 Å². The van der Waals surface area contributed by atoms with Gasteiger partial charge in [0.1, 0.15) is 11.4 Å². The van der Waals surface area contributed by atoms with E-state index in [0.717, 1.165) is 27.4 Å². The van der Waals surface area contributed by atoms with E-state index >= 15 is 0 Å². The standard InChI is InChI=1S/C15H14N2O2S/c1-9-3-8-12(20-9)14-13(15(16)19-17-14)10-4-6-11(18-2)7-5-10/h3-8H,16H2,1-2H3. The number of aryl methyl sites for hydroxylation is 1. The summed E-state index contributed by atoms with van der Waals surface area (Å²) in [4.78, 5) is 2.27. The van der Waals surface area contributed by atoms with E-state index in [1.807, 2.05) is 30.3 Å². The molecule has 0 spiro atoms. The van der Waals surface area contributed by atoms with Crippen LogP contribution in [0.5, 0.6) is 5.75 Å². The van der Waals surface area contributed by atoms with Gasteiger partial charge in [0.2, 0.25) is 5.88 Å². The smallest absolute Gasteiger partial charge is 0.230 e. The lowest BCUT2D eigenvalue weighted by atomic mass is 10.0. The predicted molar refractivity (Wildman–Crippen MR) is 81.0 cm³/mol. The van der Waals surface area contributed by atoms with Crippen LogP contribution in [0.25, 0.3) is 21.7 Å². The van der Waals surface area contributed by atoms with E-state index in [0.29, 0.717) is 5.88 Å². The summed E-state index contributed by atoms with van der Waals surface area (Å²) in [7, 11) is 1.64. The molecule has 3 aromatic rings. The predicted octanol–water partition coefficient (Wildman–Crippen LogP) is 3.97. The third-order valence-electron chi connectivity index (χ3n) is 3.07. The third kappa shape index (κ3) is 2.16. The summed E-state index contributed by atoms with van der Waals surface area (Å²) < 4.78 is 10.3. The minimum absolute atomic E-state index is 0.330. The van der Waals surface area contributed by atoms with Crippen LogP contribution in [0, 0.1) is 6.92 Å². The van der Waals surface area contributed by atoms with Gasteiger partial charge >= 0.3 is 0 Å². The van der Waals surface area contributed by atoms with Crippen molar-refractivity contribution in [1.29, 1.82) is 0 Å². The lowest BCUT2D eigenvalue weighted by molar-refractivity contribution is 0.415. The summed E-state index contributed by atoms with van der Waals surface area (Å²) in [5.41, 5.74) is 8.51. The van der Waals surface area contributed by atoms with Crippen LogP contribution in [0.3, 0.4) is 0 Å². The maximum atomic E-state index is 5.93. The topological polar surface area (TPSA) is 61.3 Å². The van der Waals surface area contributed by atoms with Crippen LogP contribution in [0.15, 0.2) is 40.9 Å². The van der Waals surface area contributed by atoms with Gasteiger partial charge in [-0.15, -0.1) is 11.3 Å². The van der Waals surface area contributed by atoms with Gasteiger partial charge in [0, 0.05) is 4.88 Å². The lowest BCUT2D eigenvalue weighted by Gasteiger charge is -2.03. The molecule has 2 aromatic heterocycles. The van der Waals surface area contributed by atoms with Gasteiger partial charge < -0.3 is 15.0 Å². The Morgan fingerprint density at radius 3 is 2.50 bits per heavy atom. The van der Waals surface area contributed by atoms with Gasteiger partial charge in [0.15, 0.2) is 0 Å². The fourth-order valence-electron chi connectivity index (χ4n) is 2.07. The number of anilines is 1. The molecule has 3 rings (SSSR count). The Kier molecular flexibility index (Phi) is 3.20. The van der Waals surface area contributed by atoms with Crippen molar-refractivity contribution in [3.63, 3.8) is 0 Å². The van der Waals surface area contributed by atoms with Crippen molar-refractivity contribution in [1.82, 2.24) is 5.16 Å². The molecule has 2 N–H and O–H groups in total. The second-order valence-electron chi connectivity index (χ2n) is 4.41. The Morgan fingerprint density at radius 1 is 1.15 bits per heavy atom. The zero-order chi connectivity index (χ0) is 14.1. The fourth-order valence-corrected chi connectivity index (χ4v) is 2.92. The number of hydrogen-bond acceptors (Lipinski definition) is 5. The molecular formula is C15H14N2O2S. The average Bonchev–Trinajstić information content (AvgIpc) is 3.05. The quantitative estimate of drug-likeness (QED) is 0.791. The first-order valence-electron chi connectivity index (χ1n) is 6.15. The molecule has 2 heterocycles. The third-order valence-corrected chi connectivity index (χ3v) is 4.08. The first kappa shape index (κ1) is 12.7. The van der Waals surface area contributed by atoms with Crippen LogP contribution in [-0.2, 0) is 0 Å². The van der Waals surface area contributed by atoms with Crippen molar-refractivity contribution in [2.24, 2.45) is 0 Å². The Morgan fingerprint density at radius 2 is 1.90 bits per heavy atom. The molecule has 0 atom stereocenters. The number of nitrogen functional groups attached to an aromatic ring is 1. The fraction of sp³-hybridized carbons (Fsp3) is 0.133. The van der Waals surface area contributed by atoms with E-state index in [2.05, 4.69) is 18.1 Å². The maximum absolute atomic E-state index is 5.93. The lowest BCUT2D eigenvalue weighted by Crippen LogP contribution is -1.87. The van der Waals surface area contributed by atoms with Crippen molar-refractivity contribution in [3.05, 3.63) is 41.3 Å². The van der Waals surface area contributed by atoms with E-state index in [9.17, 15) is 0 Å². The monoisotopic (exact) mass is 286 g/mol. The van der Waals surface area contributed by atoms with Crippen molar-refractivity contribution in [2.75, 3.05) is 12.8 Å². The Labute approximate surface area is 120 Å². The number of aromatic nitrogens is 1. The molecular weight excluding hydrogens is 272 g/mol. The van der Waals surface area contributed by atoms with Gasteiger partial charge in [0.25, 0.3) is 0 Å². The van der Waals surface area contributed by atoms with Gasteiger partial charge in [-0.3, -0.25) is 0 Å². The molecule has 5 heteroatoms. The molecule has 0 bridgehead atoms. The van der Waals surface area contributed by atoms with Crippen LogP contribution < -0.4 is 10.5 Å². The van der Waals surface area contributed by atoms with Crippen LogP contribution in [0.2, 0.25) is 0 Å². The van der Waals surface area contributed by atoms with E-state index in [-0.39, 0.29) is 0 Å². The highest BCUT2D eigenvalue weighted by Gasteiger charge is 2.18. The Bertz CT molecular complexity index is 729. The van der Waals surface area contributed by atoms with Gasteiger partial charge in [0.05, 0.1) is 17.6 Å². The highest BCUT2D eigenvalue weighted by molar-refractivity contribution is 7.15. The number of hydrogen-bond donors (Lipinski definition) is 1. The average molecular weight is 286 g/mol. The molecule has 0 aliphatic rings. The maximum Gasteiger partial charge on any atom is 0.230 e. The molecule has 20 heavy (non-hydrogen) atoms. The summed E-state index contributed by atoms with van der Waals surface area (Å²) in [5.74, 6) is 1.13. The first-order valence-corrected chi connectivity index (χ1v) is 6.97. The molecule has 0 saturated carbocycles. The zero-order valence-electron chi connectivity index (χ0n) is 11.2. The summed E-state index contributed by atoms with van der Waals surface area (Å²) in [6, 6.07) is 11.8. The van der Waals surface area contributed by atoms with Crippen molar-refractivity contribution in [2.45, 2.75) is 6.92 Å². The molecule has 0 saturated heterocycles. The van der Waals surface area contributed by atoms with E-state index in [1.54, 1.807) is 18.4 Å². The highest BCUT2D eigenvalue weighted by Crippen LogP contribution is 2.39. The van der Waals surface area contributed by atoms with E-state index in [4.69, 9.17) is 15.0 Å². The van der Waals surface area contributed by atoms with Crippen molar-refractivity contribution < 1.29 is 9.26 Å². The van der Waals surface area contributed by atoms with Gasteiger partial charge in [-0.05, 0) is 36.8 Å². The van der Waals surface area contributed by atoms with Crippen molar-refractivity contribution in [3.8, 4) is 27.4 Å². The number of ether oxygens (including phenoxy) is 1. The minimum atomic E-state index is 0.330. The Hall–Kier alpha value is -2.27. The number of thiophene rings is 1. The first-order chi connectivity index (χ1) is 9.69. The minimum Gasteiger partial charge on any atom is -0.497 e. The largest absolute Gasteiger partial charge is 0.497 e. The summed E-state index contributed by atoms with van der Waals surface area (Å²) in [6.07, 6.45) is 0. The van der Waals surface area contributed by atoms with Gasteiger partial charge in [-0.1, -0.05) is 17.3 Å². The summed E-state index contributed by atoms with van der Waals surface area (Å²) >= 11 is 1.67. The molecule has 0 amide bonds. The number of rotatable bonds is 3. The molecule has 0 unspecified atom stereocenters. The van der Waals surface area contributed by atoms with Gasteiger partial charge in [-0.2, -0.15) is 0 Å². The molecule has 0 fully saturated rings. The second kappa shape index (κ2) is 5.02. The van der Waals surface area contributed by atoms with Crippen LogP contribution >= 0.6 is 11.3 Å². The second-order valence-corrected chi connectivity index (χ2v) is 5.70. The molecule has 1 aromatic carbocycles. The SMILES string of the molecule is COc1ccc(-c2c(-c3ccc(C)s3)noc2N)cc1. The number of nitrogens with two attached hydrogens (primary N) is 1. The zero-order valence-corrected chi connectivity index (χ0v) is 12.0. The number of benzene rings is 1. The van der Waals surface area contributed by atoms with Crippen LogP contribution in [0.1, 0.15) is 4.88 Å². The molecule has 4 nitrogen and oxygen atoms in total. The van der Waals surface area contributed by atoms with E-state index < -0.39 is 0 Å². The number of nitrogens with zero attached hydrogens (tertiary/aromatic N) is 1. The normalized spacial score (nSPS) is 10.7. The number of methoxy groups -OCH3 is 1. The summed E-state index contributed by atoms with van der Waals surface area (Å²) in [6.45, 7) is 2.06. The van der Waals surface area contributed by atoms with E-state index in [1.165, 1.54) is 4.88 Å². The molecule has 102 valence electrons. The molecule has 0 aliphatic heterocycles. The van der Waals surface area contributed by atoms with Crippen LogP contribution in [-0.4, -0.2) is 12.3 Å². The summed E-state index contributed by atoms with van der Waals surface area (Å²) in [5, 5.41) is 4.10. The van der Waals surface area contributed by atoms with Crippen molar-refractivity contribution >= 4 is 17.2 Å². The Balaban J connectivity index is 2.10.